The topological polar surface area (TPSA) is 35.2 Å². The first-order chi connectivity index (χ1) is 6.75. The third-order valence-electron chi connectivity index (χ3n) is 3.14. The van der Waals surface area contributed by atoms with Crippen LogP contribution in [0.4, 0.5) is 5.69 Å². The van der Waals surface area contributed by atoms with Gasteiger partial charge >= 0.3 is 0 Å². The van der Waals surface area contributed by atoms with Crippen LogP contribution in [0.1, 0.15) is 19.8 Å². The van der Waals surface area contributed by atoms with E-state index in [2.05, 4.69) is 6.92 Å². The summed E-state index contributed by atoms with van der Waals surface area (Å²) in [4.78, 5) is 0. The number of rotatable bonds is 3. The fraction of sp³-hybridized carbons (Fsp3) is 0.500. The molecule has 0 heterocycles. The SMILES string of the molecule is C[C@H]1CC[C@@H]1COc1ccc(N)cc1. The quantitative estimate of drug-likeness (QED) is 0.745. The maximum absolute atomic E-state index is 5.68. The molecule has 0 aromatic heterocycles. The van der Waals surface area contributed by atoms with Gasteiger partial charge in [-0.1, -0.05) is 6.92 Å². The molecule has 0 saturated heterocycles. The van der Waals surface area contributed by atoms with Crippen LogP contribution in [0.5, 0.6) is 5.75 Å². The summed E-state index contributed by atoms with van der Waals surface area (Å²) in [5.41, 5.74) is 6.37. The van der Waals surface area contributed by atoms with E-state index in [1.54, 1.807) is 0 Å². The van der Waals surface area contributed by atoms with E-state index in [1.165, 1.54) is 12.8 Å². The standard InChI is InChI=1S/C12H17NO/c1-9-2-3-10(9)8-14-12-6-4-11(13)5-7-12/h4-7,9-10H,2-3,8,13H2,1H3/t9-,10+/m0/s1. The zero-order valence-corrected chi connectivity index (χ0v) is 8.57. The van der Waals surface area contributed by atoms with Crippen molar-refractivity contribution in [2.24, 2.45) is 11.8 Å². The maximum atomic E-state index is 5.68. The van der Waals surface area contributed by atoms with E-state index in [1.807, 2.05) is 24.3 Å². The number of anilines is 1. The minimum Gasteiger partial charge on any atom is -0.493 e. The highest BCUT2D eigenvalue weighted by Gasteiger charge is 2.26. The van der Waals surface area contributed by atoms with Gasteiger partial charge in [0.05, 0.1) is 6.61 Å². The number of nitrogen functional groups attached to an aromatic ring is 1. The van der Waals surface area contributed by atoms with Crippen molar-refractivity contribution >= 4 is 5.69 Å². The van der Waals surface area contributed by atoms with E-state index in [4.69, 9.17) is 10.5 Å². The molecule has 76 valence electrons. The van der Waals surface area contributed by atoms with E-state index in [-0.39, 0.29) is 0 Å². The predicted molar refractivity (Wildman–Crippen MR) is 58.2 cm³/mol. The molecule has 2 atom stereocenters. The average Bonchev–Trinajstić information content (AvgIpc) is 2.19. The van der Waals surface area contributed by atoms with Gasteiger partial charge in [-0.05, 0) is 48.9 Å². The summed E-state index contributed by atoms with van der Waals surface area (Å²) in [6, 6.07) is 7.61. The first kappa shape index (κ1) is 9.38. The Morgan fingerprint density at radius 3 is 2.50 bits per heavy atom. The molecular formula is C12H17NO. The third kappa shape index (κ3) is 2.00. The summed E-state index contributed by atoms with van der Waals surface area (Å²) in [5, 5.41) is 0. The molecule has 2 rings (SSSR count). The molecular weight excluding hydrogens is 174 g/mol. The molecule has 0 unspecified atom stereocenters. The zero-order chi connectivity index (χ0) is 9.97. The van der Waals surface area contributed by atoms with Gasteiger partial charge < -0.3 is 10.5 Å². The summed E-state index contributed by atoms with van der Waals surface area (Å²) in [7, 11) is 0. The second-order valence-electron chi connectivity index (χ2n) is 4.19. The minimum absolute atomic E-state index is 0.757. The van der Waals surface area contributed by atoms with E-state index in [0.29, 0.717) is 0 Å². The minimum atomic E-state index is 0.757. The van der Waals surface area contributed by atoms with Crippen LogP contribution in [0, 0.1) is 11.8 Å². The molecule has 0 spiro atoms. The Bertz CT molecular complexity index is 294. The molecule has 2 nitrogen and oxygen atoms in total. The normalized spacial score (nSPS) is 25.5. The summed E-state index contributed by atoms with van der Waals surface area (Å²) in [6.45, 7) is 3.14. The smallest absolute Gasteiger partial charge is 0.119 e. The molecule has 1 aromatic rings. The maximum Gasteiger partial charge on any atom is 0.119 e. The van der Waals surface area contributed by atoms with Gasteiger partial charge in [0.1, 0.15) is 5.75 Å². The lowest BCUT2D eigenvalue weighted by molar-refractivity contribution is 0.116. The van der Waals surface area contributed by atoms with E-state index in [9.17, 15) is 0 Å². The summed E-state index contributed by atoms with van der Waals surface area (Å²) in [6.07, 6.45) is 2.67. The highest BCUT2D eigenvalue weighted by molar-refractivity contribution is 5.41. The van der Waals surface area contributed by atoms with Crippen molar-refractivity contribution in [1.82, 2.24) is 0 Å². The summed E-state index contributed by atoms with van der Waals surface area (Å²) >= 11 is 0. The van der Waals surface area contributed by atoms with Gasteiger partial charge in [0.15, 0.2) is 0 Å². The van der Waals surface area contributed by atoms with Crippen molar-refractivity contribution in [1.29, 1.82) is 0 Å². The van der Waals surface area contributed by atoms with Crippen LogP contribution in [-0.4, -0.2) is 6.61 Å². The van der Waals surface area contributed by atoms with E-state index in [0.717, 1.165) is 29.9 Å². The van der Waals surface area contributed by atoms with Gasteiger partial charge in [0.25, 0.3) is 0 Å². The molecule has 1 aromatic carbocycles. The van der Waals surface area contributed by atoms with Gasteiger partial charge in [-0.2, -0.15) is 0 Å². The molecule has 1 fully saturated rings. The molecule has 1 aliphatic rings. The molecule has 0 bridgehead atoms. The van der Waals surface area contributed by atoms with Gasteiger partial charge in [-0.3, -0.25) is 0 Å². The number of ether oxygens (including phenoxy) is 1. The van der Waals surface area contributed by atoms with Crippen LogP contribution in [-0.2, 0) is 0 Å². The number of nitrogens with two attached hydrogens (primary N) is 1. The van der Waals surface area contributed by atoms with Crippen LogP contribution in [0.25, 0.3) is 0 Å². The lowest BCUT2D eigenvalue weighted by Gasteiger charge is -2.33. The molecule has 0 aliphatic heterocycles. The van der Waals surface area contributed by atoms with E-state index >= 15 is 0 Å². The second-order valence-corrected chi connectivity index (χ2v) is 4.19. The number of hydrogen-bond acceptors (Lipinski definition) is 2. The Balaban J connectivity index is 1.83. The Morgan fingerprint density at radius 2 is 2.00 bits per heavy atom. The van der Waals surface area contributed by atoms with Crippen molar-refractivity contribution in [3.63, 3.8) is 0 Å². The van der Waals surface area contributed by atoms with Gasteiger partial charge in [0, 0.05) is 5.69 Å². The Labute approximate surface area is 85.1 Å². The van der Waals surface area contributed by atoms with Crippen molar-refractivity contribution in [2.75, 3.05) is 12.3 Å². The molecule has 2 N–H and O–H groups in total. The average molecular weight is 191 g/mol. The number of hydrogen-bond donors (Lipinski definition) is 1. The largest absolute Gasteiger partial charge is 0.493 e. The van der Waals surface area contributed by atoms with Gasteiger partial charge in [-0.15, -0.1) is 0 Å². The summed E-state index contributed by atoms with van der Waals surface area (Å²) in [5.74, 6) is 2.52. The van der Waals surface area contributed by atoms with Crippen molar-refractivity contribution < 1.29 is 4.74 Å². The van der Waals surface area contributed by atoms with Crippen LogP contribution < -0.4 is 10.5 Å². The summed E-state index contributed by atoms with van der Waals surface area (Å²) < 4.78 is 5.68. The van der Waals surface area contributed by atoms with Crippen molar-refractivity contribution in [3.8, 4) is 5.75 Å². The molecule has 1 aliphatic carbocycles. The van der Waals surface area contributed by atoms with Gasteiger partial charge in [0.2, 0.25) is 0 Å². The van der Waals surface area contributed by atoms with Crippen molar-refractivity contribution in [3.05, 3.63) is 24.3 Å². The molecule has 1 saturated carbocycles. The fourth-order valence-corrected chi connectivity index (χ4v) is 1.75. The molecule has 2 heteroatoms. The predicted octanol–water partition coefficient (Wildman–Crippen LogP) is 2.69. The van der Waals surface area contributed by atoms with E-state index < -0.39 is 0 Å². The lowest BCUT2D eigenvalue weighted by atomic mass is 9.75. The first-order valence-corrected chi connectivity index (χ1v) is 5.24. The van der Waals surface area contributed by atoms with Crippen LogP contribution in [0.3, 0.4) is 0 Å². The van der Waals surface area contributed by atoms with Gasteiger partial charge in [-0.25, -0.2) is 0 Å². The third-order valence-corrected chi connectivity index (χ3v) is 3.14. The van der Waals surface area contributed by atoms with Crippen molar-refractivity contribution in [2.45, 2.75) is 19.8 Å². The molecule has 0 radical (unpaired) electrons. The molecule has 14 heavy (non-hydrogen) atoms. The highest BCUT2D eigenvalue weighted by Crippen LogP contribution is 2.33. The number of benzene rings is 1. The Morgan fingerprint density at radius 1 is 1.29 bits per heavy atom. The second kappa shape index (κ2) is 3.91. The van der Waals surface area contributed by atoms with Crippen LogP contribution in [0.15, 0.2) is 24.3 Å². The Kier molecular flexibility index (Phi) is 2.62. The first-order valence-electron chi connectivity index (χ1n) is 5.24. The zero-order valence-electron chi connectivity index (χ0n) is 8.57. The van der Waals surface area contributed by atoms with Crippen LogP contribution >= 0.6 is 0 Å². The molecule has 0 amide bonds. The van der Waals surface area contributed by atoms with Crippen LogP contribution in [0.2, 0.25) is 0 Å². The lowest BCUT2D eigenvalue weighted by Crippen LogP contribution is -2.28. The Hall–Kier alpha value is -1.18. The fourth-order valence-electron chi connectivity index (χ4n) is 1.75. The monoisotopic (exact) mass is 191 g/mol. The highest BCUT2D eigenvalue weighted by atomic mass is 16.5.